The summed E-state index contributed by atoms with van der Waals surface area (Å²) in [6.45, 7) is 4.46. The van der Waals surface area contributed by atoms with Crippen LogP contribution in [0.5, 0.6) is 5.75 Å². The maximum absolute atomic E-state index is 12.4. The van der Waals surface area contributed by atoms with Crippen LogP contribution in [-0.4, -0.2) is 22.5 Å². The number of unbranched alkanes of at least 4 members (excludes halogenated alkanes) is 4. The first-order valence-corrected chi connectivity index (χ1v) is 10.4. The van der Waals surface area contributed by atoms with Gasteiger partial charge in [0, 0.05) is 11.6 Å². The third-order valence-electron chi connectivity index (χ3n) is 4.61. The van der Waals surface area contributed by atoms with E-state index >= 15 is 0 Å². The molecule has 160 valence electrons. The van der Waals surface area contributed by atoms with Crippen LogP contribution in [0.3, 0.4) is 0 Å². The Hall–Kier alpha value is -3.00. The summed E-state index contributed by atoms with van der Waals surface area (Å²) in [6, 6.07) is 11.5. The van der Waals surface area contributed by atoms with Crippen LogP contribution in [0.15, 0.2) is 42.5 Å². The molecule has 30 heavy (non-hydrogen) atoms. The molecule has 0 spiro atoms. The van der Waals surface area contributed by atoms with Gasteiger partial charge in [-0.2, -0.15) is 0 Å². The topological polar surface area (TPSA) is 93.5 Å². The molecule has 0 aliphatic rings. The van der Waals surface area contributed by atoms with Crippen molar-refractivity contribution in [1.82, 2.24) is 5.32 Å². The van der Waals surface area contributed by atoms with Crippen molar-refractivity contribution in [3.8, 4) is 5.75 Å². The number of carbonyl (C=O) groups excluding carboxylic acids is 1. The Labute approximate surface area is 182 Å². The fourth-order valence-corrected chi connectivity index (χ4v) is 3.09. The molecule has 0 radical (unpaired) electrons. The number of benzene rings is 2. The number of anilines is 1. The van der Waals surface area contributed by atoms with Crippen LogP contribution in [0.2, 0.25) is 0 Å². The van der Waals surface area contributed by atoms with Gasteiger partial charge in [-0.25, -0.2) is 0 Å². The highest BCUT2D eigenvalue weighted by Gasteiger charge is 2.15. The molecule has 0 bridgehead atoms. The molecule has 2 N–H and O–H groups in total. The first kappa shape index (κ1) is 23.3. The zero-order valence-electron chi connectivity index (χ0n) is 17.3. The molecule has 0 aliphatic carbocycles. The lowest BCUT2D eigenvalue weighted by atomic mass is 10.1. The van der Waals surface area contributed by atoms with Gasteiger partial charge in [-0.3, -0.25) is 20.2 Å². The minimum Gasteiger partial charge on any atom is -0.494 e. The number of ether oxygens (including phenoxy) is 1. The Bertz CT molecular complexity index is 884. The third-order valence-corrected chi connectivity index (χ3v) is 4.81. The number of thiocarbonyl (C=S) groups is 1. The number of hydrogen-bond donors (Lipinski definition) is 2. The lowest BCUT2D eigenvalue weighted by Crippen LogP contribution is -2.34. The minimum atomic E-state index is -0.461. The predicted molar refractivity (Wildman–Crippen MR) is 122 cm³/mol. The van der Waals surface area contributed by atoms with Crippen molar-refractivity contribution in [2.75, 3.05) is 11.9 Å². The van der Waals surface area contributed by atoms with E-state index in [2.05, 4.69) is 17.6 Å². The summed E-state index contributed by atoms with van der Waals surface area (Å²) < 4.78 is 5.70. The molecular formula is C22H27N3O4S. The predicted octanol–water partition coefficient (Wildman–Crippen LogP) is 5.38. The molecule has 0 saturated heterocycles. The molecule has 1 amide bonds. The van der Waals surface area contributed by atoms with Gasteiger partial charge in [-0.05, 0) is 55.9 Å². The van der Waals surface area contributed by atoms with Gasteiger partial charge in [-0.1, -0.05) is 38.7 Å². The SMILES string of the molecule is CCCCCCCOc1ccc(C(=O)NC(=S)Nc2cccc([N+](=O)[O-])c2C)cc1. The Morgan fingerprint density at radius 3 is 2.47 bits per heavy atom. The molecular weight excluding hydrogens is 402 g/mol. The quantitative estimate of drug-likeness (QED) is 0.228. The van der Waals surface area contributed by atoms with Crippen molar-refractivity contribution in [2.45, 2.75) is 46.0 Å². The number of nitro benzene ring substituents is 1. The smallest absolute Gasteiger partial charge is 0.274 e. The van der Waals surface area contributed by atoms with Gasteiger partial charge in [0.05, 0.1) is 22.8 Å². The summed E-state index contributed by atoms with van der Waals surface area (Å²) in [7, 11) is 0. The third kappa shape index (κ3) is 7.11. The largest absolute Gasteiger partial charge is 0.494 e. The Kier molecular flexibility index (Phi) is 9.21. The molecule has 0 fully saturated rings. The summed E-state index contributed by atoms with van der Waals surface area (Å²) in [5, 5.41) is 16.5. The maximum Gasteiger partial charge on any atom is 0.274 e. The molecule has 2 rings (SSSR count). The minimum absolute atomic E-state index is 0.0184. The van der Waals surface area contributed by atoms with Gasteiger partial charge in [0.2, 0.25) is 0 Å². The summed E-state index contributed by atoms with van der Waals surface area (Å²) in [4.78, 5) is 23.0. The Morgan fingerprint density at radius 1 is 1.10 bits per heavy atom. The highest BCUT2D eigenvalue weighted by atomic mass is 32.1. The van der Waals surface area contributed by atoms with Crippen LogP contribution in [0.25, 0.3) is 0 Å². The number of nitro groups is 1. The number of hydrogen-bond acceptors (Lipinski definition) is 5. The molecule has 2 aromatic carbocycles. The number of nitrogens with one attached hydrogen (secondary N) is 2. The number of nitrogens with zero attached hydrogens (tertiary/aromatic N) is 1. The van der Waals surface area contributed by atoms with Gasteiger partial charge >= 0.3 is 0 Å². The maximum atomic E-state index is 12.4. The molecule has 0 atom stereocenters. The van der Waals surface area contributed by atoms with Crippen LogP contribution in [-0.2, 0) is 0 Å². The van der Waals surface area contributed by atoms with Crippen molar-refractivity contribution < 1.29 is 14.5 Å². The molecule has 0 saturated carbocycles. The second-order valence-electron chi connectivity index (χ2n) is 6.90. The van der Waals surface area contributed by atoms with E-state index in [0.29, 0.717) is 23.4 Å². The summed E-state index contributed by atoms with van der Waals surface area (Å²) in [6.07, 6.45) is 5.86. The van der Waals surface area contributed by atoms with Crippen LogP contribution in [0, 0.1) is 17.0 Å². The summed E-state index contributed by atoms with van der Waals surface area (Å²) >= 11 is 5.17. The average Bonchev–Trinajstić information content (AvgIpc) is 2.72. The van der Waals surface area contributed by atoms with Crippen molar-refractivity contribution >= 4 is 34.6 Å². The molecule has 0 heterocycles. The Morgan fingerprint density at radius 2 is 1.80 bits per heavy atom. The number of amides is 1. The molecule has 8 heteroatoms. The van der Waals surface area contributed by atoms with E-state index in [1.165, 1.54) is 25.3 Å². The molecule has 0 aliphatic heterocycles. The van der Waals surface area contributed by atoms with Crippen molar-refractivity contribution in [3.63, 3.8) is 0 Å². The van der Waals surface area contributed by atoms with Crippen molar-refractivity contribution in [3.05, 3.63) is 63.7 Å². The number of rotatable bonds is 10. The van der Waals surface area contributed by atoms with Crippen molar-refractivity contribution in [2.24, 2.45) is 0 Å². The zero-order valence-corrected chi connectivity index (χ0v) is 18.1. The second kappa shape index (κ2) is 11.9. The van der Waals surface area contributed by atoms with E-state index in [9.17, 15) is 14.9 Å². The standard InChI is InChI=1S/C22H27N3O4S/c1-3-4-5-6-7-15-29-18-13-11-17(12-14-18)21(26)24-22(30)23-19-9-8-10-20(16(19)2)25(27)28/h8-14H,3-7,15H2,1-2H3,(H2,23,24,26,30). The van der Waals surface area contributed by atoms with Crippen molar-refractivity contribution in [1.29, 1.82) is 0 Å². The molecule has 7 nitrogen and oxygen atoms in total. The first-order chi connectivity index (χ1) is 14.4. The van der Waals surface area contributed by atoms with E-state index in [1.54, 1.807) is 43.3 Å². The van der Waals surface area contributed by atoms with Crippen LogP contribution < -0.4 is 15.4 Å². The summed E-state index contributed by atoms with van der Waals surface area (Å²) in [5.41, 5.74) is 1.33. The van der Waals surface area contributed by atoms with E-state index < -0.39 is 4.92 Å². The normalized spacial score (nSPS) is 10.3. The second-order valence-corrected chi connectivity index (χ2v) is 7.31. The van der Waals surface area contributed by atoms with Crippen LogP contribution in [0.4, 0.5) is 11.4 Å². The van der Waals surface area contributed by atoms with Crippen LogP contribution in [0.1, 0.15) is 54.9 Å². The van der Waals surface area contributed by atoms with Gasteiger partial charge in [0.15, 0.2) is 5.11 Å². The molecule has 0 unspecified atom stereocenters. The van der Waals surface area contributed by atoms with Gasteiger partial charge in [-0.15, -0.1) is 0 Å². The van der Waals surface area contributed by atoms with E-state index in [0.717, 1.165) is 18.6 Å². The van der Waals surface area contributed by atoms with Crippen LogP contribution >= 0.6 is 12.2 Å². The summed E-state index contributed by atoms with van der Waals surface area (Å²) in [5.74, 6) is 0.344. The fraction of sp³-hybridized carbons (Fsp3) is 0.364. The highest BCUT2D eigenvalue weighted by Crippen LogP contribution is 2.25. The highest BCUT2D eigenvalue weighted by molar-refractivity contribution is 7.80. The zero-order chi connectivity index (χ0) is 21.9. The van der Waals surface area contributed by atoms with E-state index in [1.807, 2.05) is 0 Å². The van der Waals surface area contributed by atoms with E-state index in [-0.39, 0.29) is 16.7 Å². The molecule has 2 aromatic rings. The van der Waals surface area contributed by atoms with Gasteiger partial charge in [0.1, 0.15) is 5.75 Å². The lowest BCUT2D eigenvalue weighted by Gasteiger charge is -2.12. The van der Waals surface area contributed by atoms with Gasteiger partial charge < -0.3 is 10.1 Å². The monoisotopic (exact) mass is 429 g/mol. The first-order valence-electron chi connectivity index (χ1n) is 10.0. The fourth-order valence-electron chi connectivity index (χ4n) is 2.88. The Balaban J connectivity index is 1.85. The number of carbonyl (C=O) groups is 1. The lowest BCUT2D eigenvalue weighted by molar-refractivity contribution is -0.385. The molecule has 0 aromatic heterocycles. The van der Waals surface area contributed by atoms with Gasteiger partial charge in [0.25, 0.3) is 11.6 Å². The van der Waals surface area contributed by atoms with E-state index in [4.69, 9.17) is 17.0 Å². The average molecular weight is 430 g/mol.